The molecule has 1 amide bonds. The van der Waals surface area contributed by atoms with Gasteiger partial charge < -0.3 is 10.2 Å². The normalized spacial score (nSPS) is 10.9. The zero-order chi connectivity index (χ0) is 18.4. The first-order valence-electron chi connectivity index (χ1n) is 7.97. The lowest BCUT2D eigenvalue weighted by Crippen LogP contribution is -2.21. The monoisotopic (exact) mass is 445 g/mol. The van der Waals surface area contributed by atoms with E-state index in [-0.39, 0.29) is 5.57 Å². The van der Waals surface area contributed by atoms with Crippen LogP contribution >= 0.6 is 22.6 Å². The molecule has 0 saturated heterocycles. The van der Waals surface area contributed by atoms with Gasteiger partial charge in [-0.05, 0) is 84.8 Å². The van der Waals surface area contributed by atoms with Crippen LogP contribution in [0.25, 0.3) is 0 Å². The molecule has 0 fully saturated rings. The number of amides is 1. The van der Waals surface area contributed by atoms with Gasteiger partial charge in [-0.1, -0.05) is 12.1 Å². The number of halogens is 1. The molecule has 0 radical (unpaired) electrons. The largest absolute Gasteiger partial charge is 0.347 e. The third-order valence-corrected chi connectivity index (χ3v) is 4.43. The van der Waals surface area contributed by atoms with Crippen LogP contribution in [0, 0.1) is 28.7 Å². The lowest BCUT2D eigenvalue weighted by molar-refractivity contribution is -0.112. The Hall–Kier alpha value is -2.33. The van der Waals surface area contributed by atoms with Crippen LogP contribution < -0.4 is 10.2 Å². The number of anilines is 2. The van der Waals surface area contributed by atoms with Crippen LogP contribution in [0.1, 0.15) is 18.1 Å². The van der Waals surface area contributed by atoms with Gasteiger partial charge in [-0.2, -0.15) is 5.26 Å². The van der Waals surface area contributed by atoms with Crippen LogP contribution in [0.4, 0.5) is 11.4 Å². The fraction of sp³-hybridized carbons (Fsp3) is 0.200. The maximum Gasteiger partial charge on any atom is 0.267 e. The summed E-state index contributed by atoms with van der Waals surface area (Å²) < 4.78 is 1.10. The smallest absolute Gasteiger partial charge is 0.267 e. The van der Waals surface area contributed by atoms with E-state index in [4.69, 9.17) is 0 Å². The molecule has 0 bridgehead atoms. The summed E-state index contributed by atoms with van der Waals surface area (Å²) in [6.45, 7) is 6.58. The number of hydrogen-bond acceptors (Lipinski definition) is 3. The number of benzene rings is 2. The van der Waals surface area contributed by atoms with E-state index in [0.29, 0.717) is 12.2 Å². The van der Waals surface area contributed by atoms with E-state index in [1.54, 1.807) is 6.20 Å². The number of aryl methyl sites for hydroxylation is 2. The van der Waals surface area contributed by atoms with E-state index in [0.717, 1.165) is 20.4 Å². The third-order valence-electron chi connectivity index (χ3n) is 3.76. The van der Waals surface area contributed by atoms with Gasteiger partial charge in [0.2, 0.25) is 0 Å². The number of rotatable bonds is 5. The van der Waals surface area contributed by atoms with Gasteiger partial charge in [0.25, 0.3) is 5.91 Å². The summed E-state index contributed by atoms with van der Waals surface area (Å²) in [6.07, 6.45) is 1.60. The number of nitrogens with one attached hydrogen (secondary N) is 1. The van der Waals surface area contributed by atoms with Gasteiger partial charge in [0.1, 0.15) is 11.6 Å². The second-order valence-electron chi connectivity index (χ2n) is 5.69. The Bertz CT molecular complexity index is 852. The van der Waals surface area contributed by atoms with Crippen LogP contribution in [-0.4, -0.2) is 12.5 Å². The Morgan fingerprint density at radius 2 is 2.04 bits per heavy atom. The Labute approximate surface area is 162 Å². The summed E-state index contributed by atoms with van der Waals surface area (Å²) in [5, 5.41) is 12.2. The summed E-state index contributed by atoms with van der Waals surface area (Å²) >= 11 is 2.22. The SMILES string of the molecule is CCN(/C=C(/C#N)C(=O)Nc1ccc(I)cc1C)c1cccc(C)c1. The maximum absolute atomic E-state index is 12.5. The summed E-state index contributed by atoms with van der Waals surface area (Å²) in [5.41, 5.74) is 3.82. The van der Waals surface area contributed by atoms with Crippen molar-refractivity contribution in [2.45, 2.75) is 20.8 Å². The predicted octanol–water partition coefficient (Wildman–Crippen LogP) is 4.78. The van der Waals surface area contributed by atoms with Crippen molar-refractivity contribution >= 4 is 39.9 Å². The Morgan fingerprint density at radius 3 is 2.64 bits per heavy atom. The van der Waals surface area contributed by atoms with E-state index < -0.39 is 5.91 Å². The average molecular weight is 445 g/mol. The maximum atomic E-state index is 12.5. The van der Waals surface area contributed by atoms with Gasteiger partial charge in [0.05, 0.1) is 0 Å². The quantitative estimate of drug-likeness (QED) is 0.410. The minimum atomic E-state index is -0.405. The average Bonchev–Trinajstić information content (AvgIpc) is 2.58. The minimum Gasteiger partial charge on any atom is -0.347 e. The zero-order valence-electron chi connectivity index (χ0n) is 14.5. The highest BCUT2D eigenvalue weighted by atomic mass is 127. The number of carbonyl (C=O) groups is 1. The summed E-state index contributed by atoms with van der Waals surface area (Å²) in [6, 6.07) is 15.7. The molecule has 2 aromatic carbocycles. The van der Waals surface area contributed by atoms with Crippen LogP contribution in [0.5, 0.6) is 0 Å². The van der Waals surface area contributed by atoms with E-state index in [1.165, 1.54) is 0 Å². The van der Waals surface area contributed by atoms with Gasteiger partial charge in [-0.15, -0.1) is 0 Å². The molecular weight excluding hydrogens is 425 g/mol. The molecule has 0 unspecified atom stereocenters. The topological polar surface area (TPSA) is 56.1 Å². The van der Waals surface area contributed by atoms with E-state index >= 15 is 0 Å². The first-order valence-corrected chi connectivity index (χ1v) is 9.05. The first-order chi connectivity index (χ1) is 11.9. The van der Waals surface area contributed by atoms with Gasteiger partial charge in [0.15, 0.2) is 0 Å². The van der Waals surface area contributed by atoms with Gasteiger partial charge >= 0.3 is 0 Å². The molecule has 2 rings (SSSR count). The van der Waals surface area contributed by atoms with Crippen molar-refractivity contribution in [2.75, 3.05) is 16.8 Å². The fourth-order valence-electron chi connectivity index (χ4n) is 2.41. The van der Waals surface area contributed by atoms with Crippen molar-refractivity contribution in [3.8, 4) is 6.07 Å². The van der Waals surface area contributed by atoms with Crippen molar-refractivity contribution in [1.82, 2.24) is 0 Å². The lowest BCUT2D eigenvalue weighted by Gasteiger charge is -2.19. The van der Waals surface area contributed by atoms with Crippen LogP contribution in [0.15, 0.2) is 54.2 Å². The van der Waals surface area contributed by atoms with Crippen molar-refractivity contribution in [2.24, 2.45) is 0 Å². The third kappa shape index (κ3) is 5.07. The van der Waals surface area contributed by atoms with Gasteiger partial charge in [0, 0.05) is 27.7 Å². The molecule has 128 valence electrons. The Kier molecular flexibility index (Phi) is 6.59. The fourth-order valence-corrected chi connectivity index (χ4v) is 3.05. The number of nitrogens with zero attached hydrogens (tertiary/aromatic N) is 2. The van der Waals surface area contributed by atoms with Crippen molar-refractivity contribution in [3.63, 3.8) is 0 Å². The molecule has 0 heterocycles. The first kappa shape index (κ1) is 19.0. The summed E-state index contributed by atoms with van der Waals surface area (Å²) in [4.78, 5) is 14.4. The summed E-state index contributed by atoms with van der Waals surface area (Å²) in [5.74, 6) is -0.405. The van der Waals surface area contributed by atoms with Crippen LogP contribution in [-0.2, 0) is 4.79 Å². The Morgan fingerprint density at radius 1 is 1.28 bits per heavy atom. The minimum absolute atomic E-state index is 0.0707. The van der Waals surface area contributed by atoms with E-state index in [2.05, 4.69) is 27.9 Å². The molecule has 5 heteroatoms. The molecule has 0 atom stereocenters. The molecular formula is C20H20IN3O. The summed E-state index contributed by atoms with van der Waals surface area (Å²) in [7, 11) is 0. The predicted molar refractivity (Wildman–Crippen MR) is 110 cm³/mol. The molecule has 0 spiro atoms. The molecule has 25 heavy (non-hydrogen) atoms. The number of carbonyl (C=O) groups excluding carboxylic acids is 1. The number of hydrogen-bond donors (Lipinski definition) is 1. The highest BCUT2D eigenvalue weighted by Crippen LogP contribution is 2.20. The highest BCUT2D eigenvalue weighted by molar-refractivity contribution is 14.1. The second kappa shape index (κ2) is 8.67. The lowest BCUT2D eigenvalue weighted by atomic mass is 10.2. The van der Waals surface area contributed by atoms with Crippen molar-refractivity contribution < 1.29 is 4.79 Å². The molecule has 0 aliphatic carbocycles. The molecule has 0 saturated carbocycles. The van der Waals surface area contributed by atoms with Crippen LogP contribution in [0.2, 0.25) is 0 Å². The molecule has 0 aromatic heterocycles. The second-order valence-corrected chi connectivity index (χ2v) is 6.94. The molecule has 4 nitrogen and oxygen atoms in total. The molecule has 0 aliphatic rings. The van der Waals surface area contributed by atoms with Crippen LogP contribution in [0.3, 0.4) is 0 Å². The Balaban J connectivity index is 2.26. The molecule has 1 N–H and O–H groups in total. The standard InChI is InChI=1S/C20H20IN3O/c1-4-24(18-7-5-6-14(2)10-18)13-16(12-22)20(25)23-19-9-8-17(21)11-15(19)3/h5-11,13H,4H2,1-3H3,(H,23,25)/b16-13-. The van der Waals surface area contributed by atoms with Gasteiger partial charge in [-0.3, -0.25) is 4.79 Å². The zero-order valence-corrected chi connectivity index (χ0v) is 16.7. The number of nitriles is 1. The molecule has 0 aliphatic heterocycles. The van der Waals surface area contributed by atoms with Crippen molar-refractivity contribution in [3.05, 3.63) is 68.9 Å². The highest BCUT2D eigenvalue weighted by Gasteiger charge is 2.13. The van der Waals surface area contributed by atoms with E-state index in [9.17, 15) is 10.1 Å². The molecule has 2 aromatic rings. The van der Waals surface area contributed by atoms with Crippen molar-refractivity contribution in [1.29, 1.82) is 5.26 Å². The van der Waals surface area contributed by atoms with E-state index in [1.807, 2.05) is 74.2 Å². The van der Waals surface area contributed by atoms with Gasteiger partial charge in [-0.25, -0.2) is 0 Å².